The van der Waals surface area contributed by atoms with E-state index in [-0.39, 0.29) is 6.04 Å². The maximum Gasteiger partial charge on any atom is 0.116 e. The van der Waals surface area contributed by atoms with Gasteiger partial charge in [0.2, 0.25) is 0 Å². The maximum atomic E-state index is 4.52. The van der Waals surface area contributed by atoms with Crippen LogP contribution in [0.4, 0.5) is 0 Å². The highest BCUT2D eigenvalue weighted by Crippen LogP contribution is 2.31. The highest BCUT2D eigenvalue weighted by Gasteiger charge is 2.35. The third-order valence-corrected chi connectivity index (χ3v) is 4.95. The molecule has 0 bridgehead atoms. The van der Waals surface area contributed by atoms with Crippen molar-refractivity contribution < 1.29 is 0 Å². The fraction of sp³-hybridized carbons (Fsp3) is 0.609. The number of rotatable bonds is 12. The van der Waals surface area contributed by atoms with Gasteiger partial charge >= 0.3 is 0 Å². The molecule has 0 aromatic rings. The molecule has 0 amide bonds. The summed E-state index contributed by atoms with van der Waals surface area (Å²) in [6.07, 6.45) is 14.3. The predicted molar refractivity (Wildman–Crippen MR) is 120 cm³/mol. The van der Waals surface area contributed by atoms with Gasteiger partial charge in [0.15, 0.2) is 0 Å². The van der Waals surface area contributed by atoms with E-state index in [0.717, 1.165) is 37.5 Å². The van der Waals surface area contributed by atoms with Gasteiger partial charge in [0.05, 0.1) is 12.6 Å². The van der Waals surface area contributed by atoms with E-state index in [1.807, 2.05) is 27.1 Å². The molecule has 3 unspecified atom stereocenters. The van der Waals surface area contributed by atoms with Gasteiger partial charge in [0, 0.05) is 25.3 Å². The Hall–Kier alpha value is -1.81. The molecule has 27 heavy (non-hydrogen) atoms. The summed E-state index contributed by atoms with van der Waals surface area (Å²) in [6.45, 7) is 14.7. The van der Waals surface area contributed by atoms with Gasteiger partial charge in [0.1, 0.15) is 5.84 Å². The van der Waals surface area contributed by atoms with Gasteiger partial charge in [-0.1, -0.05) is 56.4 Å². The second kappa shape index (κ2) is 12.6. The largest absolute Gasteiger partial charge is 0.369 e. The topological polar surface area (TPSA) is 39.7 Å². The normalized spacial score (nSPS) is 21.7. The van der Waals surface area contributed by atoms with Gasteiger partial charge < -0.3 is 15.5 Å². The van der Waals surface area contributed by atoms with Gasteiger partial charge in [-0.2, -0.15) is 0 Å². The summed E-state index contributed by atoms with van der Waals surface area (Å²) in [5, 5.41) is 7.04. The van der Waals surface area contributed by atoms with Crippen LogP contribution >= 0.6 is 0 Å². The molecule has 4 heteroatoms. The molecule has 0 aromatic carbocycles. The average Bonchev–Trinajstić information content (AvgIpc) is 3.41. The lowest BCUT2D eigenvalue weighted by Crippen LogP contribution is -2.43. The van der Waals surface area contributed by atoms with E-state index in [1.165, 1.54) is 12.0 Å². The summed E-state index contributed by atoms with van der Waals surface area (Å²) >= 11 is 0. The number of allylic oxidation sites excluding steroid dienone is 4. The number of hydrogen-bond donors (Lipinski definition) is 2. The van der Waals surface area contributed by atoms with Gasteiger partial charge in [-0.05, 0) is 46.1 Å². The van der Waals surface area contributed by atoms with Crippen molar-refractivity contribution in [1.82, 2.24) is 15.5 Å². The van der Waals surface area contributed by atoms with Crippen LogP contribution in [-0.4, -0.2) is 50.0 Å². The number of hydrogen-bond acceptors (Lipinski definition) is 3. The number of aliphatic imine (C=N–C) groups is 1. The summed E-state index contributed by atoms with van der Waals surface area (Å²) in [5.41, 5.74) is 2.36. The summed E-state index contributed by atoms with van der Waals surface area (Å²) in [6, 6.07) is 0.659. The summed E-state index contributed by atoms with van der Waals surface area (Å²) < 4.78 is 0. The second-order valence-electron chi connectivity index (χ2n) is 7.23. The lowest BCUT2D eigenvalue weighted by molar-refractivity contribution is 0.358. The van der Waals surface area contributed by atoms with Gasteiger partial charge in [-0.25, -0.2) is 0 Å². The van der Waals surface area contributed by atoms with Crippen molar-refractivity contribution in [3.63, 3.8) is 0 Å². The van der Waals surface area contributed by atoms with Crippen molar-refractivity contribution in [2.24, 2.45) is 10.9 Å². The Balaban J connectivity index is 2.78. The zero-order chi connectivity index (χ0) is 20.2. The van der Waals surface area contributed by atoms with Gasteiger partial charge in [0.25, 0.3) is 0 Å². The summed E-state index contributed by atoms with van der Waals surface area (Å²) in [4.78, 5) is 6.87. The number of nitrogens with zero attached hydrogens (tertiary/aromatic N) is 2. The van der Waals surface area contributed by atoms with Crippen LogP contribution in [0.2, 0.25) is 0 Å². The highest BCUT2D eigenvalue weighted by molar-refractivity contribution is 5.85. The van der Waals surface area contributed by atoms with Crippen LogP contribution in [0.3, 0.4) is 0 Å². The predicted octanol–water partition coefficient (Wildman–Crippen LogP) is 4.30. The first-order valence-corrected chi connectivity index (χ1v) is 10.3. The highest BCUT2D eigenvalue weighted by atomic mass is 15.2. The van der Waals surface area contributed by atoms with E-state index < -0.39 is 0 Å². The molecule has 0 radical (unpaired) electrons. The molecular weight excluding hydrogens is 332 g/mol. The third kappa shape index (κ3) is 7.76. The Morgan fingerprint density at radius 3 is 2.67 bits per heavy atom. The zero-order valence-corrected chi connectivity index (χ0v) is 18.3. The minimum atomic E-state index is 0.131. The average molecular weight is 373 g/mol. The van der Waals surface area contributed by atoms with E-state index >= 15 is 0 Å². The quantitative estimate of drug-likeness (QED) is 0.232. The van der Waals surface area contributed by atoms with Crippen LogP contribution in [0.25, 0.3) is 0 Å². The van der Waals surface area contributed by atoms with E-state index in [0.29, 0.717) is 12.0 Å². The summed E-state index contributed by atoms with van der Waals surface area (Å²) in [7, 11) is 3.87. The molecule has 1 rings (SSSR count). The Kier molecular flexibility index (Phi) is 10.8. The van der Waals surface area contributed by atoms with Crippen molar-refractivity contribution in [2.75, 3.05) is 27.2 Å². The van der Waals surface area contributed by atoms with Gasteiger partial charge in [-0.15, -0.1) is 0 Å². The first kappa shape index (κ1) is 23.2. The lowest BCUT2D eigenvalue weighted by atomic mass is 10.0. The molecule has 0 heterocycles. The molecule has 1 aliphatic rings. The van der Waals surface area contributed by atoms with Crippen LogP contribution in [-0.2, 0) is 0 Å². The molecule has 1 aliphatic carbocycles. The van der Waals surface area contributed by atoms with Crippen molar-refractivity contribution in [3.8, 4) is 0 Å². The molecule has 152 valence electrons. The van der Waals surface area contributed by atoms with Crippen molar-refractivity contribution >= 4 is 5.84 Å². The smallest absolute Gasteiger partial charge is 0.116 e. The van der Waals surface area contributed by atoms with Crippen LogP contribution in [0.15, 0.2) is 53.2 Å². The third-order valence-electron chi connectivity index (χ3n) is 4.95. The second-order valence-corrected chi connectivity index (χ2v) is 7.23. The van der Waals surface area contributed by atoms with E-state index in [2.05, 4.69) is 72.2 Å². The Morgan fingerprint density at radius 2 is 2.11 bits per heavy atom. The molecule has 4 nitrogen and oxygen atoms in total. The lowest BCUT2D eigenvalue weighted by Gasteiger charge is -2.32. The van der Waals surface area contributed by atoms with Crippen LogP contribution in [0.1, 0.15) is 47.0 Å². The SMILES string of the molecule is C=C(C(NC)/C(C)=C/C=C\C)N(CCC)C/C(=N/C)NC1CC1/C=C\CC. The fourth-order valence-corrected chi connectivity index (χ4v) is 3.26. The van der Waals surface area contributed by atoms with Crippen LogP contribution in [0.5, 0.6) is 0 Å². The van der Waals surface area contributed by atoms with Gasteiger partial charge in [-0.3, -0.25) is 4.99 Å². The van der Waals surface area contributed by atoms with E-state index in [1.54, 1.807) is 0 Å². The zero-order valence-electron chi connectivity index (χ0n) is 18.3. The fourth-order valence-electron chi connectivity index (χ4n) is 3.26. The summed E-state index contributed by atoms with van der Waals surface area (Å²) in [5.74, 6) is 1.70. The Morgan fingerprint density at radius 1 is 1.37 bits per heavy atom. The number of likely N-dealkylation sites (N-methyl/N-ethyl adjacent to an activating group) is 1. The molecule has 1 saturated carbocycles. The first-order valence-electron chi connectivity index (χ1n) is 10.3. The van der Waals surface area contributed by atoms with Crippen LogP contribution < -0.4 is 10.6 Å². The maximum absolute atomic E-state index is 4.52. The van der Waals surface area contributed by atoms with Crippen LogP contribution in [0, 0.1) is 5.92 Å². The molecule has 0 spiro atoms. The monoisotopic (exact) mass is 372 g/mol. The molecular formula is C23H40N4. The number of nitrogens with one attached hydrogen (secondary N) is 2. The molecule has 0 aliphatic heterocycles. The van der Waals surface area contributed by atoms with E-state index in [4.69, 9.17) is 0 Å². The Labute approximate surface area is 167 Å². The van der Waals surface area contributed by atoms with Crippen molar-refractivity contribution in [2.45, 2.75) is 59.0 Å². The van der Waals surface area contributed by atoms with Crippen molar-refractivity contribution in [3.05, 3.63) is 48.2 Å². The number of amidine groups is 1. The minimum Gasteiger partial charge on any atom is -0.369 e. The standard InChI is InChI=1S/C23H40N4/c1-8-11-13-18(4)23(25-7)19(5)27(15-10-3)17-22(24-6)26-21-16-20(21)14-12-9-2/h8,11-14,20-21,23,25H,5,9-10,15-17H2,1-4,6-7H3,(H,24,26)/b11-8-,14-12-,18-13+. The Bertz CT molecular complexity index is 571. The van der Waals surface area contributed by atoms with E-state index in [9.17, 15) is 0 Å². The van der Waals surface area contributed by atoms with Crippen molar-refractivity contribution in [1.29, 1.82) is 0 Å². The first-order chi connectivity index (χ1) is 13.0. The molecule has 1 fully saturated rings. The molecule has 2 N–H and O–H groups in total. The molecule has 3 atom stereocenters. The molecule has 0 aromatic heterocycles. The minimum absolute atomic E-state index is 0.131. The molecule has 0 saturated heterocycles.